The number of carbonyl (C=O) groups is 1. The molecule has 0 N–H and O–H groups in total. The summed E-state index contributed by atoms with van der Waals surface area (Å²) >= 11 is 0. The van der Waals surface area contributed by atoms with Crippen LogP contribution in [0.25, 0.3) is 6.08 Å². The lowest BCUT2D eigenvalue weighted by Crippen LogP contribution is -2.23. The Hall–Kier alpha value is -4.19. The van der Waals surface area contributed by atoms with E-state index in [0.717, 1.165) is 12.1 Å². The van der Waals surface area contributed by atoms with Crippen molar-refractivity contribution in [2.24, 2.45) is 11.8 Å². The van der Waals surface area contributed by atoms with Gasteiger partial charge in [-0.25, -0.2) is 9.37 Å². The average Bonchev–Trinajstić information content (AvgIpc) is 2.83. The molecule has 5 nitrogen and oxygen atoms in total. The largest absolute Gasteiger partial charge is 0.440 e. The van der Waals surface area contributed by atoms with E-state index >= 15 is 0 Å². The number of alkyl halides is 3. The molecule has 2 unspecified atom stereocenters. The summed E-state index contributed by atoms with van der Waals surface area (Å²) in [4.78, 5) is 17.1. The molecule has 3 rings (SSSR count). The van der Waals surface area contributed by atoms with Crippen molar-refractivity contribution in [1.82, 2.24) is 4.98 Å². The number of esters is 1. The molecule has 0 amide bonds. The molecule has 0 aliphatic heterocycles. The minimum Gasteiger partial charge on any atom is -0.440 e. The van der Waals surface area contributed by atoms with Gasteiger partial charge >= 0.3 is 12.1 Å². The summed E-state index contributed by atoms with van der Waals surface area (Å²) in [5, 5.41) is 9.60. The van der Waals surface area contributed by atoms with Gasteiger partial charge in [0.05, 0.1) is 17.2 Å². The lowest BCUT2D eigenvalue weighted by atomic mass is 9.94. The molecule has 3 aromatic rings. The summed E-state index contributed by atoms with van der Waals surface area (Å²) in [6.45, 7) is 3.43. The lowest BCUT2D eigenvalue weighted by molar-refractivity contribution is -0.151. The van der Waals surface area contributed by atoms with Crippen LogP contribution >= 0.6 is 0 Å². The Labute approximate surface area is 205 Å². The first-order chi connectivity index (χ1) is 17.1. The standard InChI is InChI=1S/C27H22F4N2O3/c1-17(2)21(14-12-18-11-13-19(15-22(18)28)27(29,30)31)26(34)36-24(16-32)23-9-6-10-25(33-23)35-20-7-4-3-5-8-20/h3-15,17,21,24H,1-2H3/b14-12+. The number of pyridine rings is 1. The van der Waals surface area contributed by atoms with Crippen LogP contribution in [0.3, 0.4) is 0 Å². The zero-order chi connectivity index (χ0) is 26.3. The van der Waals surface area contributed by atoms with E-state index in [0.29, 0.717) is 11.8 Å². The van der Waals surface area contributed by atoms with Gasteiger partial charge in [0.1, 0.15) is 17.6 Å². The fraction of sp³-hybridized carbons (Fsp3) is 0.222. The number of para-hydroxylation sites is 1. The van der Waals surface area contributed by atoms with Crippen molar-refractivity contribution in [3.8, 4) is 17.7 Å². The summed E-state index contributed by atoms with van der Waals surface area (Å²) in [7, 11) is 0. The first kappa shape index (κ1) is 26.4. The SMILES string of the molecule is CC(C)C(/C=C/c1ccc(C(F)(F)F)cc1F)C(=O)OC(C#N)c1cccc(Oc2ccccc2)n1. The molecule has 0 saturated carbocycles. The average molecular weight is 498 g/mol. The Morgan fingerprint density at radius 2 is 1.78 bits per heavy atom. The van der Waals surface area contributed by atoms with Gasteiger partial charge in [-0.05, 0) is 36.2 Å². The van der Waals surface area contributed by atoms with Gasteiger partial charge in [0.25, 0.3) is 0 Å². The fourth-order valence-corrected chi connectivity index (χ4v) is 3.21. The maximum absolute atomic E-state index is 14.2. The van der Waals surface area contributed by atoms with Crippen LogP contribution in [0.15, 0.2) is 72.8 Å². The van der Waals surface area contributed by atoms with Gasteiger partial charge in [-0.15, -0.1) is 0 Å². The van der Waals surface area contributed by atoms with Crippen molar-refractivity contribution in [3.63, 3.8) is 0 Å². The molecule has 0 fully saturated rings. The highest BCUT2D eigenvalue weighted by molar-refractivity contribution is 5.76. The smallest absolute Gasteiger partial charge is 0.416 e. The van der Waals surface area contributed by atoms with Gasteiger partial charge in [-0.3, -0.25) is 4.79 Å². The zero-order valence-electron chi connectivity index (χ0n) is 19.4. The number of ether oxygens (including phenoxy) is 2. The molecule has 0 radical (unpaired) electrons. The summed E-state index contributed by atoms with van der Waals surface area (Å²) in [6, 6.07) is 17.6. The molecule has 2 aromatic carbocycles. The van der Waals surface area contributed by atoms with Crippen LogP contribution in [-0.2, 0) is 15.7 Å². The molecule has 0 bridgehead atoms. The summed E-state index contributed by atoms with van der Waals surface area (Å²) < 4.78 is 63.5. The van der Waals surface area contributed by atoms with E-state index in [4.69, 9.17) is 9.47 Å². The number of hydrogen-bond acceptors (Lipinski definition) is 5. The third-order valence-electron chi connectivity index (χ3n) is 5.13. The molecule has 9 heteroatoms. The highest BCUT2D eigenvalue weighted by atomic mass is 19.4. The molecule has 36 heavy (non-hydrogen) atoms. The number of nitrogens with zero attached hydrogens (tertiary/aromatic N) is 2. The molecule has 0 aliphatic rings. The highest BCUT2D eigenvalue weighted by Crippen LogP contribution is 2.31. The van der Waals surface area contributed by atoms with Crippen molar-refractivity contribution < 1.29 is 31.8 Å². The van der Waals surface area contributed by atoms with Crippen LogP contribution < -0.4 is 4.74 Å². The number of aromatic nitrogens is 1. The topological polar surface area (TPSA) is 72.2 Å². The molecular formula is C27H22F4N2O3. The first-order valence-corrected chi connectivity index (χ1v) is 10.9. The highest BCUT2D eigenvalue weighted by Gasteiger charge is 2.31. The van der Waals surface area contributed by atoms with Gasteiger partial charge in [0, 0.05) is 11.6 Å². The summed E-state index contributed by atoms with van der Waals surface area (Å²) in [6.07, 6.45) is -3.45. The van der Waals surface area contributed by atoms with Gasteiger partial charge in [0.2, 0.25) is 12.0 Å². The van der Waals surface area contributed by atoms with Crippen molar-refractivity contribution in [2.45, 2.75) is 26.1 Å². The first-order valence-electron chi connectivity index (χ1n) is 10.9. The van der Waals surface area contributed by atoms with E-state index in [1.165, 1.54) is 18.2 Å². The quantitative estimate of drug-likeness (QED) is 0.244. The number of carbonyl (C=O) groups excluding carboxylic acids is 1. The Morgan fingerprint density at radius 1 is 1.06 bits per heavy atom. The van der Waals surface area contributed by atoms with Crippen LogP contribution in [-0.4, -0.2) is 11.0 Å². The van der Waals surface area contributed by atoms with Crippen LogP contribution in [0.4, 0.5) is 17.6 Å². The van der Waals surface area contributed by atoms with Crippen molar-refractivity contribution in [3.05, 3.63) is 95.4 Å². The van der Waals surface area contributed by atoms with E-state index in [1.807, 2.05) is 12.1 Å². The van der Waals surface area contributed by atoms with E-state index in [1.54, 1.807) is 50.2 Å². The number of rotatable bonds is 8. The minimum absolute atomic E-state index is 0.120. The second-order valence-corrected chi connectivity index (χ2v) is 8.12. The second kappa shape index (κ2) is 11.5. The van der Waals surface area contributed by atoms with Crippen LogP contribution in [0.2, 0.25) is 0 Å². The van der Waals surface area contributed by atoms with Crippen molar-refractivity contribution >= 4 is 12.0 Å². The molecule has 0 aliphatic carbocycles. The second-order valence-electron chi connectivity index (χ2n) is 8.12. The Kier molecular flexibility index (Phi) is 8.43. The normalized spacial score (nSPS) is 13.3. The third-order valence-corrected chi connectivity index (χ3v) is 5.13. The van der Waals surface area contributed by atoms with Crippen LogP contribution in [0.1, 0.15) is 36.8 Å². The van der Waals surface area contributed by atoms with Gasteiger partial charge in [-0.2, -0.15) is 18.4 Å². The molecule has 0 saturated heterocycles. The van der Waals surface area contributed by atoms with E-state index < -0.39 is 35.5 Å². The lowest BCUT2D eigenvalue weighted by Gasteiger charge is -2.18. The van der Waals surface area contributed by atoms with E-state index in [-0.39, 0.29) is 23.1 Å². The van der Waals surface area contributed by atoms with E-state index in [9.17, 15) is 27.6 Å². The zero-order valence-corrected chi connectivity index (χ0v) is 19.4. The number of halogens is 4. The fourth-order valence-electron chi connectivity index (χ4n) is 3.21. The molecular weight excluding hydrogens is 476 g/mol. The molecule has 1 aromatic heterocycles. The number of nitriles is 1. The van der Waals surface area contributed by atoms with E-state index in [2.05, 4.69) is 4.98 Å². The number of benzene rings is 2. The van der Waals surface area contributed by atoms with Gasteiger partial charge in [-0.1, -0.05) is 56.3 Å². The van der Waals surface area contributed by atoms with Gasteiger partial charge < -0.3 is 9.47 Å². The van der Waals surface area contributed by atoms with Crippen molar-refractivity contribution in [1.29, 1.82) is 5.26 Å². The van der Waals surface area contributed by atoms with Crippen LogP contribution in [0.5, 0.6) is 11.6 Å². The minimum atomic E-state index is -4.67. The molecule has 2 atom stereocenters. The Balaban J connectivity index is 1.75. The maximum atomic E-state index is 14.2. The summed E-state index contributed by atoms with van der Waals surface area (Å²) in [5.74, 6) is -2.32. The third kappa shape index (κ3) is 6.92. The Bertz CT molecular complexity index is 1270. The molecule has 186 valence electrons. The van der Waals surface area contributed by atoms with Crippen molar-refractivity contribution in [2.75, 3.05) is 0 Å². The van der Waals surface area contributed by atoms with Crippen LogP contribution in [0, 0.1) is 29.0 Å². The predicted octanol–water partition coefficient (Wildman–Crippen LogP) is 7.13. The predicted molar refractivity (Wildman–Crippen MR) is 124 cm³/mol. The number of hydrogen-bond donors (Lipinski definition) is 0. The molecule has 0 spiro atoms. The monoisotopic (exact) mass is 498 g/mol. The molecule has 1 heterocycles. The maximum Gasteiger partial charge on any atom is 0.416 e. The Morgan fingerprint density at radius 3 is 2.39 bits per heavy atom. The van der Waals surface area contributed by atoms with Gasteiger partial charge in [0.15, 0.2) is 0 Å². The summed E-state index contributed by atoms with van der Waals surface area (Å²) in [5.41, 5.74) is -1.08.